The maximum atomic E-state index is 12.9. The zero-order chi connectivity index (χ0) is 12.1. The Labute approximate surface area is 101 Å². The van der Waals surface area contributed by atoms with Crippen LogP contribution in [-0.2, 0) is 4.74 Å². The molecular weight excluding hydrogens is 229 g/mol. The fraction of sp³-hybridized carbons (Fsp3) is 0.500. The molecule has 1 aromatic carbocycles. The lowest BCUT2D eigenvalue weighted by molar-refractivity contribution is 0.171. The number of hydrogen-bond donors (Lipinski definition) is 1. The van der Waals surface area contributed by atoms with Crippen LogP contribution in [0.15, 0.2) is 18.2 Å². The molecule has 1 rings (SSSR count). The Morgan fingerprint density at radius 1 is 1.44 bits per heavy atom. The van der Waals surface area contributed by atoms with Crippen molar-refractivity contribution in [2.45, 2.75) is 19.9 Å². The lowest BCUT2D eigenvalue weighted by atomic mass is 10.1. The molecule has 1 aromatic rings. The van der Waals surface area contributed by atoms with E-state index >= 15 is 0 Å². The van der Waals surface area contributed by atoms with Crippen LogP contribution in [-0.4, -0.2) is 19.8 Å². The Kier molecular flexibility index (Phi) is 5.03. The van der Waals surface area contributed by atoms with Crippen molar-refractivity contribution >= 4 is 17.3 Å². The molecule has 0 aromatic heterocycles. The minimum Gasteiger partial charge on any atom is -0.383 e. The lowest BCUT2D eigenvalue weighted by Crippen LogP contribution is -2.30. The van der Waals surface area contributed by atoms with E-state index in [1.54, 1.807) is 13.2 Å². The largest absolute Gasteiger partial charge is 0.383 e. The first-order chi connectivity index (χ1) is 7.54. The number of methoxy groups -OCH3 is 1. The van der Waals surface area contributed by atoms with Gasteiger partial charge >= 0.3 is 0 Å². The monoisotopic (exact) mass is 245 g/mol. The van der Waals surface area contributed by atoms with Gasteiger partial charge in [0.05, 0.1) is 23.4 Å². The van der Waals surface area contributed by atoms with Gasteiger partial charge in [0.15, 0.2) is 0 Å². The van der Waals surface area contributed by atoms with Gasteiger partial charge in [0.25, 0.3) is 0 Å². The van der Waals surface area contributed by atoms with Gasteiger partial charge in [-0.1, -0.05) is 25.4 Å². The third kappa shape index (κ3) is 3.65. The van der Waals surface area contributed by atoms with Gasteiger partial charge in [0.1, 0.15) is 5.82 Å². The van der Waals surface area contributed by atoms with Gasteiger partial charge in [0.2, 0.25) is 0 Å². The zero-order valence-corrected chi connectivity index (χ0v) is 10.5. The summed E-state index contributed by atoms with van der Waals surface area (Å²) in [7, 11) is 1.66. The van der Waals surface area contributed by atoms with Gasteiger partial charge in [-0.25, -0.2) is 4.39 Å². The average molecular weight is 246 g/mol. The van der Waals surface area contributed by atoms with Crippen LogP contribution in [0.2, 0.25) is 5.02 Å². The molecule has 0 amide bonds. The van der Waals surface area contributed by atoms with Gasteiger partial charge in [-0.05, 0) is 24.1 Å². The molecule has 0 fully saturated rings. The fourth-order valence-corrected chi connectivity index (χ4v) is 1.61. The second-order valence-electron chi connectivity index (χ2n) is 4.07. The molecule has 0 aliphatic rings. The quantitative estimate of drug-likeness (QED) is 0.857. The molecule has 1 unspecified atom stereocenters. The smallest absolute Gasteiger partial charge is 0.124 e. The molecule has 0 saturated heterocycles. The number of ether oxygens (including phenoxy) is 1. The molecule has 90 valence electrons. The summed E-state index contributed by atoms with van der Waals surface area (Å²) in [4.78, 5) is 0. The van der Waals surface area contributed by atoms with Crippen LogP contribution in [0.5, 0.6) is 0 Å². The van der Waals surface area contributed by atoms with E-state index in [0.29, 0.717) is 17.5 Å². The van der Waals surface area contributed by atoms with Crippen LogP contribution in [0.25, 0.3) is 0 Å². The van der Waals surface area contributed by atoms with Crippen molar-refractivity contribution in [3.8, 4) is 0 Å². The molecule has 16 heavy (non-hydrogen) atoms. The number of hydrogen-bond acceptors (Lipinski definition) is 2. The number of rotatable bonds is 5. The van der Waals surface area contributed by atoms with E-state index in [2.05, 4.69) is 19.2 Å². The third-order valence-corrected chi connectivity index (χ3v) is 2.74. The van der Waals surface area contributed by atoms with Crippen molar-refractivity contribution in [1.29, 1.82) is 0 Å². The Balaban J connectivity index is 2.77. The maximum absolute atomic E-state index is 12.9. The zero-order valence-electron chi connectivity index (χ0n) is 9.76. The Morgan fingerprint density at radius 2 is 2.12 bits per heavy atom. The first-order valence-electron chi connectivity index (χ1n) is 5.25. The van der Waals surface area contributed by atoms with E-state index in [0.717, 1.165) is 5.69 Å². The Morgan fingerprint density at radius 3 is 2.62 bits per heavy atom. The molecule has 0 radical (unpaired) electrons. The molecule has 1 atom stereocenters. The fourth-order valence-electron chi connectivity index (χ4n) is 1.39. The van der Waals surface area contributed by atoms with Crippen LogP contribution in [0, 0.1) is 11.7 Å². The molecule has 0 spiro atoms. The highest BCUT2D eigenvalue weighted by Gasteiger charge is 2.14. The molecule has 0 bridgehead atoms. The predicted molar refractivity (Wildman–Crippen MR) is 65.5 cm³/mol. The number of nitrogens with one attached hydrogen (secondary N) is 1. The molecule has 0 saturated carbocycles. The van der Waals surface area contributed by atoms with Gasteiger partial charge in [0, 0.05) is 7.11 Å². The van der Waals surface area contributed by atoms with E-state index in [4.69, 9.17) is 16.3 Å². The predicted octanol–water partition coefficient (Wildman–Crippen LogP) is 3.56. The Bertz CT molecular complexity index is 344. The lowest BCUT2D eigenvalue weighted by Gasteiger charge is -2.23. The number of halogens is 2. The highest BCUT2D eigenvalue weighted by Crippen LogP contribution is 2.24. The van der Waals surface area contributed by atoms with Crippen molar-refractivity contribution in [3.63, 3.8) is 0 Å². The van der Waals surface area contributed by atoms with Crippen molar-refractivity contribution in [2.24, 2.45) is 5.92 Å². The van der Waals surface area contributed by atoms with Crippen molar-refractivity contribution in [1.82, 2.24) is 0 Å². The molecule has 0 heterocycles. The minimum atomic E-state index is -0.330. The van der Waals surface area contributed by atoms with Crippen LogP contribution in [0.1, 0.15) is 13.8 Å². The van der Waals surface area contributed by atoms with E-state index in [1.807, 2.05) is 0 Å². The van der Waals surface area contributed by atoms with Gasteiger partial charge in [-0.3, -0.25) is 0 Å². The van der Waals surface area contributed by atoms with Crippen LogP contribution in [0.3, 0.4) is 0 Å². The summed E-state index contributed by atoms with van der Waals surface area (Å²) < 4.78 is 18.0. The standard InChI is InChI=1S/C12H17ClFNO/c1-8(2)12(7-16-3)15-11-5-4-9(14)6-10(11)13/h4-6,8,12,15H,7H2,1-3H3. The summed E-state index contributed by atoms with van der Waals surface area (Å²) in [6.07, 6.45) is 0. The summed E-state index contributed by atoms with van der Waals surface area (Å²) in [6.45, 7) is 4.77. The first-order valence-corrected chi connectivity index (χ1v) is 5.63. The summed E-state index contributed by atoms with van der Waals surface area (Å²) in [5.74, 6) is 0.0736. The highest BCUT2D eigenvalue weighted by molar-refractivity contribution is 6.33. The molecule has 1 N–H and O–H groups in total. The van der Waals surface area contributed by atoms with Crippen molar-refractivity contribution in [2.75, 3.05) is 19.0 Å². The van der Waals surface area contributed by atoms with E-state index < -0.39 is 0 Å². The highest BCUT2D eigenvalue weighted by atomic mass is 35.5. The molecule has 4 heteroatoms. The first kappa shape index (κ1) is 13.3. The summed E-state index contributed by atoms with van der Waals surface area (Å²) in [6, 6.07) is 4.49. The average Bonchev–Trinajstić information content (AvgIpc) is 2.20. The van der Waals surface area contributed by atoms with E-state index in [1.165, 1.54) is 12.1 Å². The summed E-state index contributed by atoms with van der Waals surface area (Å²) >= 11 is 5.94. The number of benzene rings is 1. The number of anilines is 1. The second kappa shape index (κ2) is 6.06. The van der Waals surface area contributed by atoms with Crippen molar-refractivity contribution < 1.29 is 9.13 Å². The van der Waals surface area contributed by atoms with Gasteiger partial charge in [-0.15, -0.1) is 0 Å². The van der Waals surface area contributed by atoms with E-state index in [9.17, 15) is 4.39 Å². The van der Waals surface area contributed by atoms with E-state index in [-0.39, 0.29) is 11.9 Å². The van der Waals surface area contributed by atoms with Crippen molar-refractivity contribution in [3.05, 3.63) is 29.0 Å². The third-order valence-electron chi connectivity index (χ3n) is 2.42. The minimum absolute atomic E-state index is 0.160. The SMILES string of the molecule is COCC(Nc1ccc(F)cc1Cl)C(C)C. The van der Waals surface area contributed by atoms with Crippen LogP contribution in [0.4, 0.5) is 10.1 Å². The summed E-state index contributed by atoms with van der Waals surface area (Å²) in [5, 5.41) is 3.64. The summed E-state index contributed by atoms with van der Waals surface area (Å²) in [5.41, 5.74) is 0.735. The van der Waals surface area contributed by atoms with Gasteiger partial charge in [-0.2, -0.15) is 0 Å². The maximum Gasteiger partial charge on any atom is 0.124 e. The molecule has 0 aliphatic heterocycles. The molecule has 0 aliphatic carbocycles. The Hall–Kier alpha value is -0.800. The van der Waals surface area contributed by atoms with Crippen LogP contribution < -0.4 is 5.32 Å². The second-order valence-corrected chi connectivity index (χ2v) is 4.48. The van der Waals surface area contributed by atoms with Crippen LogP contribution >= 0.6 is 11.6 Å². The normalized spacial score (nSPS) is 12.9. The molecular formula is C12H17ClFNO. The molecule has 2 nitrogen and oxygen atoms in total. The topological polar surface area (TPSA) is 21.3 Å². The van der Waals surface area contributed by atoms with Gasteiger partial charge < -0.3 is 10.1 Å².